The first-order valence-electron chi connectivity index (χ1n) is 4.78. The predicted molar refractivity (Wildman–Crippen MR) is 55.5 cm³/mol. The maximum atomic E-state index is 5.58. The van der Waals surface area contributed by atoms with Crippen molar-refractivity contribution >= 4 is 15.9 Å². The van der Waals surface area contributed by atoms with E-state index in [0.717, 1.165) is 18.4 Å². The van der Waals surface area contributed by atoms with Gasteiger partial charge in [0.05, 0.1) is 12.4 Å². The lowest BCUT2D eigenvalue weighted by Crippen LogP contribution is -1.92. The molecule has 1 aliphatic carbocycles. The predicted octanol–water partition coefficient (Wildman–Crippen LogP) is 3.64. The van der Waals surface area contributed by atoms with Crippen molar-refractivity contribution < 1.29 is 4.74 Å². The van der Waals surface area contributed by atoms with Crippen molar-refractivity contribution in [1.82, 2.24) is 0 Å². The van der Waals surface area contributed by atoms with Gasteiger partial charge >= 0.3 is 0 Å². The van der Waals surface area contributed by atoms with Crippen LogP contribution < -0.4 is 0 Å². The molecule has 1 nitrogen and oxygen atoms in total. The Balaban J connectivity index is 2.20. The summed E-state index contributed by atoms with van der Waals surface area (Å²) in [5, 5.41) is 1.11. The zero-order valence-corrected chi connectivity index (χ0v) is 9.32. The van der Waals surface area contributed by atoms with Crippen LogP contribution in [0.3, 0.4) is 0 Å². The van der Waals surface area contributed by atoms with E-state index in [2.05, 4.69) is 22.9 Å². The Morgan fingerprint density at radius 2 is 2.17 bits per heavy atom. The zero-order chi connectivity index (χ0) is 8.81. The van der Waals surface area contributed by atoms with Gasteiger partial charge in [-0.3, -0.25) is 0 Å². The molecule has 1 rings (SSSR count). The third-order valence-electron chi connectivity index (χ3n) is 2.00. The molecule has 70 valence electrons. The minimum Gasteiger partial charge on any atom is -0.498 e. The molecule has 12 heavy (non-hydrogen) atoms. The Morgan fingerprint density at radius 3 is 2.67 bits per heavy atom. The number of hydrogen-bond acceptors (Lipinski definition) is 1. The van der Waals surface area contributed by atoms with Crippen LogP contribution in [0.5, 0.6) is 0 Å². The monoisotopic (exact) mass is 232 g/mol. The summed E-state index contributed by atoms with van der Waals surface area (Å²) < 4.78 is 5.58. The minimum absolute atomic E-state index is 0.827. The highest BCUT2D eigenvalue weighted by atomic mass is 79.9. The van der Waals surface area contributed by atoms with Gasteiger partial charge in [0.1, 0.15) is 0 Å². The van der Waals surface area contributed by atoms with Crippen molar-refractivity contribution in [2.45, 2.75) is 39.0 Å². The van der Waals surface area contributed by atoms with Crippen molar-refractivity contribution in [2.24, 2.45) is 0 Å². The Hall–Kier alpha value is 0.0200. The Labute approximate surface area is 83.3 Å². The average Bonchev–Trinajstić information content (AvgIpc) is 2.86. The number of unbranched alkanes of at least 4 members (excludes halogenated alkanes) is 1. The molecule has 0 aromatic rings. The van der Waals surface area contributed by atoms with E-state index >= 15 is 0 Å². The first-order chi connectivity index (χ1) is 5.88. The summed E-state index contributed by atoms with van der Waals surface area (Å²) in [6, 6.07) is 0. The molecule has 0 atom stereocenters. The van der Waals surface area contributed by atoms with E-state index in [1.807, 2.05) is 0 Å². The minimum atomic E-state index is 0.827. The summed E-state index contributed by atoms with van der Waals surface area (Å²) in [5.41, 5.74) is 1.56. The molecule has 0 N–H and O–H groups in total. The van der Waals surface area contributed by atoms with Gasteiger partial charge in [0.15, 0.2) is 0 Å². The van der Waals surface area contributed by atoms with E-state index in [0.29, 0.717) is 0 Å². The fraction of sp³-hybridized carbons (Fsp3) is 0.800. The van der Waals surface area contributed by atoms with E-state index in [4.69, 9.17) is 4.74 Å². The first-order valence-corrected chi connectivity index (χ1v) is 5.90. The number of rotatable bonds is 6. The molecule has 1 fully saturated rings. The van der Waals surface area contributed by atoms with Crippen molar-refractivity contribution in [1.29, 1.82) is 0 Å². The maximum absolute atomic E-state index is 5.58. The quantitative estimate of drug-likeness (QED) is 0.386. The second-order valence-electron chi connectivity index (χ2n) is 3.11. The molecule has 0 aliphatic heterocycles. The first kappa shape index (κ1) is 10.1. The van der Waals surface area contributed by atoms with Crippen LogP contribution in [0.15, 0.2) is 11.3 Å². The second kappa shape index (κ2) is 5.63. The van der Waals surface area contributed by atoms with Crippen LogP contribution in [0.25, 0.3) is 0 Å². The van der Waals surface area contributed by atoms with Crippen LogP contribution in [-0.2, 0) is 4.74 Å². The number of hydrogen-bond donors (Lipinski definition) is 0. The molecule has 0 spiro atoms. The maximum Gasteiger partial charge on any atom is 0.0951 e. The average molecular weight is 233 g/mol. The third kappa shape index (κ3) is 3.61. The van der Waals surface area contributed by atoms with Crippen LogP contribution in [0.4, 0.5) is 0 Å². The summed E-state index contributed by atoms with van der Waals surface area (Å²) in [5.74, 6) is 1.29. The lowest BCUT2D eigenvalue weighted by atomic mass is 10.2. The summed E-state index contributed by atoms with van der Waals surface area (Å²) in [6.45, 7) is 2.89. The Morgan fingerprint density at radius 1 is 1.42 bits per heavy atom. The Bertz CT molecular complexity index is 157. The van der Waals surface area contributed by atoms with Gasteiger partial charge in [-0.25, -0.2) is 0 Å². The van der Waals surface area contributed by atoms with E-state index < -0.39 is 0 Å². The van der Waals surface area contributed by atoms with Crippen molar-refractivity contribution in [3.8, 4) is 0 Å². The van der Waals surface area contributed by atoms with Gasteiger partial charge in [-0.15, -0.1) is 0 Å². The number of ether oxygens (including phenoxy) is 1. The molecule has 2 heteroatoms. The molecule has 1 aliphatic rings. The molecular weight excluding hydrogens is 216 g/mol. The molecule has 0 heterocycles. The van der Waals surface area contributed by atoms with Gasteiger partial charge in [-0.2, -0.15) is 0 Å². The van der Waals surface area contributed by atoms with Crippen LogP contribution in [0.1, 0.15) is 39.0 Å². The van der Waals surface area contributed by atoms with Crippen molar-refractivity contribution in [2.75, 3.05) is 11.9 Å². The summed E-state index contributed by atoms with van der Waals surface area (Å²) in [4.78, 5) is 0. The second-order valence-corrected chi connectivity index (χ2v) is 3.90. The smallest absolute Gasteiger partial charge is 0.0951 e. The van der Waals surface area contributed by atoms with Crippen LogP contribution >= 0.6 is 15.9 Å². The van der Waals surface area contributed by atoms with Gasteiger partial charge in [-0.05, 0) is 38.2 Å². The van der Waals surface area contributed by atoms with Crippen molar-refractivity contribution in [3.63, 3.8) is 0 Å². The normalized spacial score (nSPS) is 14.7. The molecule has 0 unspecified atom stereocenters. The van der Waals surface area contributed by atoms with Crippen molar-refractivity contribution in [3.05, 3.63) is 11.3 Å². The highest BCUT2D eigenvalue weighted by molar-refractivity contribution is 9.09. The lowest BCUT2D eigenvalue weighted by Gasteiger charge is -2.07. The molecule has 0 saturated heterocycles. The van der Waals surface area contributed by atoms with Gasteiger partial charge in [-0.1, -0.05) is 15.9 Å². The fourth-order valence-electron chi connectivity index (χ4n) is 1.25. The summed E-state index contributed by atoms with van der Waals surface area (Å²) in [7, 11) is 0. The van der Waals surface area contributed by atoms with Crippen LogP contribution in [0.2, 0.25) is 0 Å². The highest BCUT2D eigenvalue weighted by Gasteiger charge is 2.18. The molecular formula is C10H17BrO. The topological polar surface area (TPSA) is 9.23 Å². The standard InChI is InChI=1S/C10H17BrO/c1-2-12-10(9-6-7-9)5-3-4-8-11/h2-8H2,1H3. The van der Waals surface area contributed by atoms with E-state index in [1.54, 1.807) is 5.57 Å². The lowest BCUT2D eigenvalue weighted by molar-refractivity contribution is 0.215. The molecule has 1 saturated carbocycles. The zero-order valence-electron chi connectivity index (χ0n) is 7.74. The highest BCUT2D eigenvalue weighted by Crippen LogP contribution is 2.34. The van der Waals surface area contributed by atoms with Gasteiger partial charge in [0.2, 0.25) is 0 Å². The Kier molecular flexibility index (Phi) is 4.74. The third-order valence-corrected chi connectivity index (χ3v) is 2.56. The molecule has 0 radical (unpaired) electrons. The number of alkyl halides is 1. The number of allylic oxidation sites excluding steroid dienone is 2. The van der Waals surface area contributed by atoms with Crippen LogP contribution in [-0.4, -0.2) is 11.9 Å². The van der Waals surface area contributed by atoms with Crippen LogP contribution in [0, 0.1) is 0 Å². The largest absolute Gasteiger partial charge is 0.498 e. The molecule has 0 aromatic heterocycles. The van der Waals surface area contributed by atoms with E-state index in [1.165, 1.54) is 31.4 Å². The molecule has 0 aromatic carbocycles. The fourth-order valence-corrected chi connectivity index (χ4v) is 1.64. The molecule has 0 amide bonds. The van der Waals surface area contributed by atoms with Gasteiger partial charge < -0.3 is 4.74 Å². The molecule has 0 bridgehead atoms. The van der Waals surface area contributed by atoms with E-state index in [-0.39, 0.29) is 0 Å². The summed E-state index contributed by atoms with van der Waals surface area (Å²) in [6.07, 6.45) is 6.22. The van der Waals surface area contributed by atoms with Gasteiger partial charge in [0, 0.05) is 11.8 Å². The summed E-state index contributed by atoms with van der Waals surface area (Å²) >= 11 is 3.43. The SMILES string of the molecule is CCOC(CCCCBr)=C1CC1. The van der Waals surface area contributed by atoms with E-state index in [9.17, 15) is 0 Å². The van der Waals surface area contributed by atoms with Gasteiger partial charge in [0.25, 0.3) is 0 Å². The number of halogens is 1.